The molecule has 0 aliphatic carbocycles. The molecule has 0 unspecified atom stereocenters. The van der Waals surface area contributed by atoms with E-state index in [0.29, 0.717) is 11.3 Å². The van der Waals surface area contributed by atoms with E-state index in [1.807, 2.05) is 19.1 Å². The molecule has 3 aromatic carbocycles. The van der Waals surface area contributed by atoms with Crippen LogP contribution in [0, 0.1) is 12.7 Å². The van der Waals surface area contributed by atoms with Gasteiger partial charge in [0.15, 0.2) is 0 Å². The van der Waals surface area contributed by atoms with Crippen LogP contribution in [0.2, 0.25) is 0 Å². The zero-order chi connectivity index (χ0) is 19.4. The molecule has 0 bridgehead atoms. The van der Waals surface area contributed by atoms with Crippen molar-refractivity contribution in [2.24, 2.45) is 0 Å². The van der Waals surface area contributed by atoms with E-state index < -0.39 is 15.8 Å². The van der Waals surface area contributed by atoms with Gasteiger partial charge >= 0.3 is 0 Å². The van der Waals surface area contributed by atoms with Crippen LogP contribution in [0.1, 0.15) is 15.9 Å². The topological polar surface area (TPSA) is 75.3 Å². The number of sulfonamides is 1. The predicted octanol–water partition coefficient (Wildman–Crippen LogP) is 4.19. The number of para-hydroxylation sites is 1. The van der Waals surface area contributed by atoms with Gasteiger partial charge in [0.25, 0.3) is 15.9 Å². The van der Waals surface area contributed by atoms with Gasteiger partial charge in [-0.2, -0.15) is 0 Å². The summed E-state index contributed by atoms with van der Waals surface area (Å²) in [6.45, 7) is 1.83. The van der Waals surface area contributed by atoms with Crippen molar-refractivity contribution in [2.45, 2.75) is 11.8 Å². The minimum atomic E-state index is -3.94. The second-order valence-electron chi connectivity index (χ2n) is 5.88. The molecule has 27 heavy (non-hydrogen) atoms. The van der Waals surface area contributed by atoms with Crippen LogP contribution in [0.4, 0.5) is 15.8 Å². The van der Waals surface area contributed by atoms with E-state index in [-0.39, 0.29) is 16.5 Å². The molecule has 3 rings (SSSR count). The molecule has 138 valence electrons. The molecule has 0 radical (unpaired) electrons. The fourth-order valence-electron chi connectivity index (χ4n) is 2.49. The van der Waals surface area contributed by atoms with Crippen LogP contribution in [-0.4, -0.2) is 14.3 Å². The van der Waals surface area contributed by atoms with Gasteiger partial charge in [0.1, 0.15) is 5.82 Å². The van der Waals surface area contributed by atoms with E-state index in [9.17, 15) is 17.6 Å². The molecule has 0 atom stereocenters. The first-order chi connectivity index (χ1) is 12.9. The number of anilines is 2. The molecule has 0 spiro atoms. The largest absolute Gasteiger partial charge is 0.322 e. The second kappa shape index (κ2) is 7.59. The zero-order valence-electron chi connectivity index (χ0n) is 14.4. The molecule has 1 amide bonds. The summed E-state index contributed by atoms with van der Waals surface area (Å²) in [7, 11) is -3.94. The molecule has 0 heterocycles. The van der Waals surface area contributed by atoms with Crippen LogP contribution in [0.15, 0.2) is 77.7 Å². The summed E-state index contributed by atoms with van der Waals surface area (Å²) in [6, 6.07) is 18.3. The van der Waals surface area contributed by atoms with Crippen LogP contribution in [-0.2, 0) is 10.0 Å². The van der Waals surface area contributed by atoms with Crippen molar-refractivity contribution < 1.29 is 17.6 Å². The molecule has 0 saturated carbocycles. The molecule has 5 nitrogen and oxygen atoms in total. The van der Waals surface area contributed by atoms with Gasteiger partial charge in [-0.25, -0.2) is 12.8 Å². The SMILES string of the molecule is Cc1ccccc1C(=O)Nc1ccc(S(=O)(=O)Nc2ccccc2F)cc1. The number of hydrogen-bond donors (Lipinski definition) is 2. The lowest BCUT2D eigenvalue weighted by Crippen LogP contribution is -2.15. The lowest BCUT2D eigenvalue weighted by Gasteiger charge is -2.10. The van der Waals surface area contributed by atoms with E-state index in [4.69, 9.17) is 0 Å². The van der Waals surface area contributed by atoms with Crippen molar-refractivity contribution in [3.63, 3.8) is 0 Å². The van der Waals surface area contributed by atoms with E-state index >= 15 is 0 Å². The zero-order valence-corrected chi connectivity index (χ0v) is 15.3. The molecule has 0 aliphatic rings. The maximum Gasteiger partial charge on any atom is 0.261 e. The van der Waals surface area contributed by atoms with Gasteiger partial charge in [0, 0.05) is 11.3 Å². The molecular weight excluding hydrogens is 367 g/mol. The van der Waals surface area contributed by atoms with E-state index in [0.717, 1.165) is 5.56 Å². The Morgan fingerprint density at radius 2 is 1.52 bits per heavy atom. The number of halogens is 1. The summed E-state index contributed by atoms with van der Waals surface area (Å²) >= 11 is 0. The van der Waals surface area contributed by atoms with Crippen molar-refractivity contribution in [1.82, 2.24) is 0 Å². The fraction of sp³-hybridized carbons (Fsp3) is 0.0500. The molecule has 0 fully saturated rings. The lowest BCUT2D eigenvalue weighted by molar-refractivity contribution is 0.102. The first kappa shape index (κ1) is 18.6. The van der Waals surface area contributed by atoms with Crippen molar-refractivity contribution in [1.29, 1.82) is 0 Å². The Morgan fingerprint density at radius 3 is 2.19 bits per heavy atom. The molecule has 2 N–H and O–H groups in total. The average Bonchev–Trinajstić information content (AvgIpc) is 2.64. The maximum absolute atomic E-state index is 13.7. The summed E-state index contributed by atoms with van der Waals surface area (Å²) in [5.41, 5.74) is 1.70. The molecule has 3 aromatic rings. The van der Waals surface area contributed by atoms with Gasteiger partial charge in [-0.3, -0.25) is 9.52 Å². The minimum Gasteiger partial charge on any atom is -0.322 e. The lowest BCUT2D eigenvalue weighted by atomic mass is 10.1. The predicted molar refractivity (Wildman–Crippen MR) is 103 cm³/mol. The highest BCUT2D eigenvalue weighted by molar-refractivity contribution is 7.92. The smallest absolute Gasteiger partial charge is 0.261 e. The van der Waals surface area contributed by atoms with Crippen molar-refractivity contribution in [3.05, 3.63) is 89.7 Å². The van der Waals surface area contributed by atoms with Gasteiger partial charge in [-0.15, -0.1) is 0 Å². The molecule has 7 heteroatoms. The van der Waals surface area contributed by atoms with E-state index in [2.05, 4.69) is 10.0 Å². The first-order valence-corrected chi connectivity index (χ1v) is 9.59. The number of rotatable bonds is 5. The Bertz CT molecular complexity index is 1080. The minimum absolute atomic E-state index is 0.0420. The van der Waals surface area contributed by atoms with Gasteiger partial charge in [-0.1, -0.05) is 30.3 Å². The first-order valence-electron chi connectivity index (χ1n) is 8.11. The van der Waals surface area contributed by atoms with Crippen molar-refractivity contribution in [2.75, 3.05) is 10.0 Å². The number of carbonyl (C=O) groups excluding carboxylic acids is 1. The third-order valence-corrected chi connectivity index (χ3v) is 5.31. The van der Waals surface area contributed by atoms with Gasteiger partial charge in [0.2, 0.25) is 0 Å². The quantitative estimate of drug-likeness (QED) is 0.693. The molecule has 0 aliphatic heterocycles. The third kappa shape index (κ3) is 4.32. The molecule has 0 aromatic heterocycles. The van der Waals surface area contributed by atoms with E-state index in [1.165, 1.54) is 48.5 Å². The number of nitrogens with one attached hydrogen (secondary N) is 2. The summed E-state index contributed by atoms with van der Waals surface area (Å²) in [6.07, 6.45) is 0. The van der Waals surface area contributed by atoms with E-state index in [1.54, 1.807) is 12.1 Å². The highest BCUT2D eigenvalue weighted by Crippen LogP contribution is 2.20. The summed E-state index contributed by atoms with van der Waals surface area (Å²) in [4.78, 5) is 12.3. The normalized spacial score (nSPS) is 11.0. The summed E-state index contributed by atoms with van der Waals surface area (Å²) < 4.78 is 40.6. The van der Waals surface area contributed by atoms with Gasteiger partial charge in [0.05, 0.1) is 10.6 Å². The fourth-order valence-corrected chi connectivity index (χ4v) is 3.56. The van der Waals surface area contributed by atoms with Crippen LogP contribution in [0.3, 0.4) is 0 Å². The number of aryl methyl sites for hydroxylation is 1. The number of carbonyl (C=O) groups is 1. The van der Waals surface area contributed by atoms with Crippen LogP contribution in [0.5, 0.6) is 0 Å². The summed E-state index contributed by atoms with van der Waals surface area (Å²) in [5.74, 6) is -0.948. The molecule has 0 saturated heterocycles. The Balaban J connectivity index is 1.76. The highest BCUT2D eigenvalue weighted by Gasteiger charge is 2.16. The monoisotopic (exact) mass is 384 g/mol. The van der Waals surface area contributed by atoms with Crippen molar-refractivity contribution in [3.8, 4) is 0 Å². The summed E-state index contributed by atoms with van der Waals surface area (Å²) in [5, 5.41) is 2.72. The maximum atomic E-state index is 13.7. The van der Waals surface area contributed by atoms with Gasteiger partial charge in [-0.05, 0) is 55.0 Å². The Labute approximate surface area is 156 Å². The Morgan fingerprint density at radius 1 is 0.889 bits per heavy atom. The highest BCUT2D eigenvalue weighted by atomic mass is 32.2. The van der Waals surface area contributed by atoms with Crippen molar-refractivity contribution >= 4 is 27.3 Å². The van der Waals surface area contributed by atoms with Crippen LogP contribution >= 0.6 is 0 Å². The Hall–Kier alpha value is -3.19. The number of hydrogen-bond acceptors (Lipinski definition) is 3. The molecular formula is C20H17FN2O3S. The van der Waals surface area contributed by atoms with Crippen LogP contribution in [0.25, 0.3) is 0 Å². The number of amides is 1. The van der Waals surface area contributed by atoms with Crippen LogP contribution < -0.4 is 10.0 Å². The second-order valence-corrected chi connectivity index (χ2v) is 7.56. The number of benzene rings is 3. The van der Waals surface area contributed by atoms with Gasteiger partial charge < -0.3 is 5.32 Å². The standard InChI is InChI=1S/C20H17FN2O3S/c1-14-6-2-3-7-17(14)20(24)22-15-10-12-16(13-11-15)27(25,26)23-19-9-5-4-8-18(19)21/h2-13,23H,1H3,(H,22,24). The Kier molecular flexibility index (Phi) is 5.23. The average molecular weight is 384 g/mol. The third-order valence-electron chi connectivity index (χ3n) is 3.93.